The number of hydrogen-bond donors (Lipinski definition) is 1. The van der Waals surface area contributed by atoms with Gasteiger partial charge >= 0.3 is 6.09 Å². The van der Waals surface area contributed by atoms with Gasteiger partial charge in [0.2, 0.25) is 0 Å². The molecule has 1 aromatic carbocycles. The maximum absolute atomic E-state index is 14.2. The summed E-state index contributed by atoms with van der Waals surface area (Å²) in [7, 11) is 0. The molecule has 132 valence electrons. The van der Waals surface area contributed by atoms with Gasteiger partial charge in [-0.05, 0) is 53.7 Å². The van der Waals surface area contributed by atoms with E-state index in [9.17, 15) is 9.18 Å². The van der Waals surface area contributed by atoms with Gasteiger partial charge in [-0.1, -0.05) is 15.9 Å². The molecule has 0 aliphatic heterocycles. The molecule has 2 rings (SSSR count). The zero-order valence-corrected chi connectivity index (χ0v) is 16.4. The molecule has 1 amide bonds. The van der Waals surface area contributed by atoms with Gasteiger partial charge < -0.3 is 14.6 Å². The normalized spacial score (nSPS) is 13.4. The molecular formula is C17H23BrFN3O2. The van der Waals surface area contributed by atoms with Gasteiger partial charge in [-0.25, -0.2) is 14.2 Å². The summed E-state index contributed by atoms with van der Waals surface area (Å²) in [5.74, 6) is 0.187. The molecule has 5 nitrogen and oxygen atoms in total. The van der Waals surface area contributed by atoms with Crippen molar-refractivity contribution in [2.75, 3.05) is 0 Å². The number of aromatic nitrogens is 2. The number of carbonyl (C=O) groups excluding carboxylic acids is 1. The summed E-state index contributed by atoms with van der Waals surface area (Å²) in [6.07, 6.45) is -0.529. The van der Waals surface area contributed by atoms with Gasteiger partial charge in [0, 0.05) is 10.5 Å². The largest absolute Gasteiger partial charge is 0.444 e. The summed E-state index contributed by atoms with van der Waals surface area (Å²) < 4.78 is 22.1. The molecule has 0 saturated carbocycles. The number of imidazole rings is 1. The van der Waals surface area contributed by atoms with Gasteiger partial charge in [0.25, 0.3) is 0 Å². The molecular weight excluding hydrogens is 377 g/mol. The van der Waals surface area contributed by atoms with Crippen molar-refractivity contribution in [1.82, 2.24) is 14.9 Å². The van der Waals surface area contributed by atoms with Crippen LogP contribution in [-0.4, -0.2) is 21.2 Å². The lowest BCUT2D eigenvalue weighted by molar-refractivity contribution is 0.0505. The van der Waals surface area contributed by atoms with Crippen LogP contribution in [0.25, 0.3) is 11.0 Å². The van der Waals surface area contributed by atoms with Crippen LogP contribution in [0.2, 0.25) is 0 Å². The number of carbonyl (C=O) groups is 1. The van der Waals surface area contributed by atoms with E-state index >= 15 is 0 Å². The Morgan fingerprint density at radius 3 is 2.50 bits per heavy atom. The van der Waals surface area contributed by atoms with Gasteiger partial charge in [0.15, 0.2) is 5.82 Å². The van der Waals surface area contributed by atoms with E-state index in [2.05, 4.69) is 26.2 Å². The van der Waals surface area contributed by atoms with Crippen LogP contribution in [0.4, 0.5) is 9.18 Å². The molecule has 1 aromatic heterocycles. The van der Waals surface area contributed by atoms with E-state index in [4.69, 9.17) is 4.74 Å². The lowest BCUT2D eigenvalue weighted by Crippen LogP contribution is -2.35. The molecule has 2 aromatic rings. The predicted molar refractivity (Wildman–Crippen MR) is 95.6 cm³/mol. The Labute approximate surface area is 149 Å². The summed E-state index contributed by atoms with van der Waals surface area (Å²) in [4.78, 5) is 16.4. The summed E-state index contributed by atoms with van der Waals surface area (Å²) in [6, 6.07) is 2.85. The number of alkyl carbamates (subject to hydrolysis) is 1. The average Bonchev–Trinajstić information content (AvgIpc) is 2.75. The van der Waals surface area contributed by atoms with Crippen molar-refractivity contribution in [2.24, 2.45) is 0 Å². The van der Waals surface area contributed by atoms with E-state index in [0.29, 0.717) is 21.3 Å². The van der Waals surface area contributed by atoms with E-state index in [1.807, 2.05) is 24.5 Å². The van der Waals surface area contributed by atoms with Crippen molar-refractivity contribution < 1.29 is 13.9 Å². The van der Waals surface area contributed by atoms with Gasteiger partial charge in [-0.3, -0.25) is 0 Å². The summed E-state index contributed by atoms with van der Waals surface area (Å²) in [5.41, 5.74) is 0.392. The van der Waals surface area contributed by atoms with Crippen LogP contribution in [0.5, 0.6) is 0 Å². The molecule has 1 N–H and O–H groups in total. The third-order valence-electron chi connectivity index (χ3n) is 3.38. The van der Waals surface area contributed by atoms with Gasteiger partial charge in [0.05, 0.1) is 11.6 Å². The molecule has 0 radical (unpaired) electrons. The molecule has 0 saturated heterocycles. The molecule has 0 unspecified atom stereocenters. The van der Waals surface area contributed by atoms with Crippen LogP contribution >= 0.6 is 15.9 Å². The summed E-state index contributed by atoms with van der Waals surface area (Å²) in [6.45, 7) is 11.2. The van der Waals surface area contributed by atoms with Gasteiger partial charge in [0.1, 0.15) is 16.9 Å². The van der Waals surface area contributed by atoms with Crippen molar-refractivity contribution in [1.29, 1.82) is 0 Å². The topological polar surface area (TPSA) is 56.2 Å². The molecule has 0 aliphatic carbocycles. The first-order chi connectivity index (χ1) is 11.0. The molecule has 24 heavy (non-hydrogen) atoms. The van der Waals surface area contributed by atoms with Crippen LogP contribution in [0.3, 0.4) is 0 Å². The fourth-order valence-electron chi connectivity index (χ4n) is 2.54. The first kappa shape index (κ1) is 18.7. The first-order valence-corrected chi connectivity index (χ1v) is 8.65. The standard InChI is InChI=1S/C17H23BrFN3O2/c1-9(2)22-13-8-11(18)7-12(19)14(13)21-15(22)10(3)20-16(23)24-17(4,5)6/h7-10H,1-6H3,(H,20,23)/t10-/m0/s1. The third-order valence-corrected chi connectivity index (χ3v) is 3.84. The minimum absolute atomic E-state index is 0.0570. The lowest BCUT2D eigenvalue weighted by Gasteiger charge is -2.23. The van der Waals surface area contributed by atoms with Gasteiger partial charge in [-0.2, -0.15) is 0 Å². The highest BCUT2D eigenvalue weighted by Gasteiger charge is 2.24. The van der Waals surface area contributed by atoms with Crippen molar-refractivity contribution in [2.45, 2.75) is 59.2 Å². The third kappa shape index (κ3) is 4.06. The first-order valence-electron chi connectivity index (χ1n) is 7.86. The quantitative estimate of drug-likeness (QED) is 0.780. The zero-order chi connectivity index (χ0) is 18.2. The van der Waals surface area contributed by atoms with Gasteiger partial charge in [-0.15, -0.1) is 0 Å². The zero-order valence-electron chi connectivity index (χ0n) is 14.8. The minimum Gasteiger partial charge on any atom is -0.444 e. The Morgan fingerprint density at radius 1 is 1.33 bits per heavy atom. The maximum atomic E-state index is 14.2. The molecule has 1 atom stereocenters. The highest BCUT2D eigenvalue weighted by molar-refractivity contribution is 9.10. The minimum atomic E-state index is -0.584. The summed E-state index contributed by atoms with van der Waals surface area (Å²) in [5, 5.41) is 2.76. The summed E-state index contributed by atoms with van der Waals surface area (Å²) >= 11 is 3.32. The van der Waals surface area contributed by atoms with Crippen molar-refractivity contribution in [3.05, 3.63) is 28.2 Å². The smallest absolute Gasteiger partial charge is 0.408 e. The average molecular weight is 400 g/mol. The predicted octanol–water partition coefficient (Wildman–Crippen LogP) is 5.10. The Hall–Kier alpha value is -1.63. The number of rotatable bonds is 3. The molecule has 1 heterocycles. The van der Waals surface area contributed by atoms with Crippen LogP contribution in [0, 0.1) is 5.82 Å². The second kappa shape index (κ2) is 6.70. The van der Waals surface area contributed by atoms with Crippen molar-refractivity contribution in [3.8, 4) is 0 Å². The van der Waals surface area contributed by atoms with Crippen LogP contribution in [-0.2, 0) is 4.74 Å². The molecule has 0 fully saturated rings. The number of fused-ring (bicyclic) bond motifs is 1. The molecule has 0 spiro atoms. The Morgan fingerprint density at radius 2 is 1.96 bits per heavy atom. The van der Waals surface area contributed by atoms with Crippen molar-refractivity contribution >= 4 is 33.1 Å². The molecule has 0 aliphatic rings. The number of benzene rings is 1. The van der Waals surface area contributed by atoms with Crippen LogP contribution in [0.1, 0.15) is 59.5 Å². The number of amides is 1. The fraction of sp³-hybridized carbons (Fsp3) is 0.529. The van der Waals surface area contributed by atoms with E-state index in [-0.39, 0.29) is 6.04 Å². The van der Waals surface area contributed by atoms with E-state index in [0.717, 1.165) is 0 Å². The highest BCUT2D eigenvalue weighted by Crippen LogP contribution is 2.29. The van der Waals surface area contributed by atoms with Crippen LogP contribution in [0.15, 0.2) is 16.6 Å². The number of halogens is 2. The second-order valence-corrected chi connectivity index (χ2v) is 7.97. The number of ether oxygens (including phenoxy) is 1. The number of nitrogens with one attached hydrogen (secondary N) is 1. The fourth-order valence-corrected chi connectivity index (χ4v) is 2.95. The Kier molecular flexibility index (Phi) is 5.22. The van der Waals surface area contributed by atoms with Crippen molar-refractivity contribution in [3.63, 3.8) is 0 Å². The lowest BCUT2D eigenvalue weighted by atomic mass is 10.2. The number of nitrogens with zero attached hydrogens (tertiary/aromatic N) is 2. The monoisotopic (exact) mass is 399 g/mol. The Balaban J connectivity index is 2.42. The molecule has 7 heteroatoms. The maximum Gasteiger partial charge on any atom is 0.408 e. The second-order valence-electron chi connectivity index (χ2n) is 7.06. The van der Waals surface area contributed by atoms with Crippen LogP contribution < -0.4 is 5.32 Å². The highest BCUT2D eigenvalue weighted by atomic mass is 79.9. The molecule has 0 bridgehead atoms. The van der Waals surface area contributed by atoms with E-state index < -0.39 is 23.6 Å². The SMILES string of the molecule is CC(C)n1c([C@H](C)NC(=O)OC(C)(C)C)nc2c(F)cc(Br)cc21. The Bertz CT molecular complexity index is 765. The van der Waals surface area contributed by atoms with E-state index in [1.165, 1.54) is 6.07 Å². The number of hydrogen-bond acceptors (Lipinski definition) is 3. The van der Waals surface area contributed by atoms with E-state index in [1.54, 1.807) is 27.7 Å².